The molecule has 0 fully saturated rings. The largest absolute Gasteiger partial charge is 0.448 e. The van der Waals surface area contributed by atoms with Crippen LogP contribution in [-0.2, 0) is 9.53 Å². The fourth-order valence-electron chi connectivity index (χ4n) is 2.24. The topological polar surface area (TPSA) is 81.2 Å². The number of fused-ring (bicyclic) bond motifs is 1. The molecule has 2 aromatic carbocycles. The van der Waals surface area contributed by atoms with Crippen molar-refractivity contribution in [2.24, 2.45) is 0 Å². The van der Waals surface area contributed by atoms with Crippen LogP contribution in [-0.4, -0.2) is 27.9 Å². The van der Waals surface area contributed by atoms with Gasteiger partial charge in [-0.25, -0.2) is 9.78 Å². The summed E-state index contributed by atoms with van der Waals surface area (Å²) in [6.07, 6.45) is 0.325. The molecule has 1 heterocycles. The second-order valence-electron chi connectivity index (χ2n) is 5.74. The van der Waals surface area contributed by atoms with Crippen molar-refractivity contribution in [1.29, 1.82) is 0 Å². The predicted molar refractivity (Wildman–Crippen MR) is 99.2 cm³/mol. The summed E-state index contributed by atoms with van der Waals surface area (Å²) in [5.41, 5.74) is 2.72. The molecule has 0 aliphatic rings. The third-order valence-electron chi connectivity index (χ3n) is 3.75. The number of amides is 1. The van der Waals surface area contributed by atoms with Crippen molar-refractivity contribution in [3.8, 4) is 0 Å². The van der Waals surface area contributed by atoms with Crippen molar-refractivity contribution in [3.63, 3.8) is 0 Å². The van der Waals surface area contributed by atoms with Gasteiger partial charge in [0.15, 0.2) is 11.8 Å². The third kappa shape index (κ3) is 3.97. The number of aryl methyl sites for hydroxylation is 1. The number of carbonyl (C=O) groups excluding carboxylic acids is 2. The van der Waals surface area contributed by atoms with E-state index in [-0.39, 0.29) is 5.69 Å². The van der Waals surface area contributed by atoms with Gasteiger partial charge >= 0.3 is 5.97 Å². The highest BCUT2D eigenvalue weighted by atomic mass is 35.5. The van der Waals surface area contributed by atoms with E-state index in [4.69, 9.17) is 16.3 Å². The van der Waals surface area contributed by atoms with Crippen LogP contribution in [0.4, 0.5) is 5.69 Å². The Morgan fingerprint density at radius 1 is 1.15 bits per heavy atom. The smallest absolute Gasteiger partial charge is 0.359 e. The molecule has 6 nitrogen and oxygen atoms in total. The minimum Gasteiger partial charge on any atom is -0.448 e. The summed E-state index contributed by atoms with van der Waals surface area (Å²) in [5.74, 6) is -1.18. The van der Waals surface area contributed by atoms with Gasteiger partial charge in [0.25, 0.3) is 5.91 Å². The van der Waals surface area contributed by atoms with Gasteiger partial charge in [0, 0.05) is 10.7 Å². The Bertz CT molecular complexity index is 991. The van der Waals surface area contributed by atoms with E-state index in [0.29, 0.717) is 21.7 Å². The van der Waals surface area contributed by atoms with Crippen LogP contribution < -0.4 is 5.32 Å². The number of benzene rings is 2. The summed E-state index contributed by atoms with van der Waals surface area (Å²) in [6, 6.07) is 12.3. The number of hydrogen-bond donors (Lipinski definition) is 1. The molecule has 0 spiro atoms. The number of anilines is 1. The maximum Gasteiger partial charge on any atom is 0.359 e. The quantitative estimate of drug-likeness (QED) is 0.708. The number of carbonyl (C=O) groups is 2. The van der Waals surface area contributed by atoms with Gasteiger partial charge in [-0.1, -0.05) is 29.8 Å². The average molecular weight is 370 g/mol. The SMILES string of the molecule is Cc1ccc(NC(=O)C(C)OC(=O)c2cnc3ccccc3n2)cc1Cl. The molecule has 3 rings (SSSR count). The molecule has 1 atom stereocenters. The molecular formula is C19H16ClN3O3. The lowest BCUT2D eigenvalue weighted by atomic mass is 10.2. The van der Waals surface area contributed by atoms with Crippen LogP contribution in [0.2, 0.25) is 5.02 Å². The number of rotatable bonds is 4. The first kappa shape index (κ1) is 17.8. The first-order chi connectivity index (χ1) is 12.4. The van der Waals surface area contributed by atoms with Crippen LogP contribution in [0.5, 0.6) is 0 Å². The molecule has 3 aromatic rings. The zero-order chi connectivity index (χ0) is 18.7. The third-order valence-corrected chi connectivity index (χ3v) is 4.16. The number of aromatic nitrogens is 2. The predicted octanol–water partition coefficient (Wildman–Crippen LogP) is 3.78. The van der Waals surface area contributed by atoms with Gasteiger partial charge in [-0.05, 0) is 43.7 Å². The monoisotopic (exact) mass is 369 g/mol. The highest BCUT2D eigenvalue weighted by Gasteiger charge is 2.20. The fraction of sp³-hybridized carbons (Fsp3) is 0.158. The minimum absolute atomic E-state index is 0.0433. The Kier molecular flexibility index (Phi) is 5.14. The van der Waals surface area contributed by atoms with Gasteiger partial charge < -0.3 is 10.1 Å². The number of esters is 1. The number of nitrogens with one attached hydrogen (secondary N) is 1. The Morgan fingerprint density at radius 2 is 1.88 bits per heavy atom. The molecule has 1 unspecified atom stereocenters. The summed E-state index contributed by atoms with van der Waals surface area (Å²) in [7, 11) is 0. The zero-order valence-corrected chi connectivity index (χ0v) is 14.9. The van der Waals surface area contributed by atoms with Gasteiger partial charge in [0.1, 0.15) is 0 Å². The van der Waals surface area contributed by atoms with Crippen LogP contribution in [0.15, 0.2) is 48.7 Å². The number of nitrogens with zero attached hydrogens (tertiary/aromatic N) is 2. The molecule has 0 aliphatic heterocycles. The van der Waals surface area contributed by atoms with E-state index in [1.54, 1.807) is 36.4 Å². The maximum absolute atomic E-state index is 12.2. The van der Waals surface area contributed by atoms with E-state index >= 15 is 0 Å². The second-order valence-corrected chi connectivity index (χ2v) is 6.15. The van der Waals surface area contributed by atoms with Crippen molar-refractivity contribution in [1.82, 2.24) is 9.97 Å². The van der Waals surface area contributed by atoms with Gasteiger partial charge in [0.05, 0.1) is 17.2 Å². The molecule has 1 N–H and O–H groups in total. The molecular weight excluding hydrogens is 354 g/mol. The van der Waals surface area contributed by atoms with E-state index in [2.05, 4.69) is 15.3 Å². The Hall–Kier alpha value is -2.99. The van der Waals surface area contributed by atoms with E-state index < -0.39 is 18.0 Å². The number of hydrogen-bond acceptors (Lipinski definition) is 5. The van der Waals surface area contributed by atoms with Crippen LogP contribution in [0, 0.1) is 6.92 Å². The van der Waals surface area contributed by atoms with Crippen LogP contribution in [0.1, 0.15) is 23.0 Å². The summed E-state index contributed by atoms with van der Waals surface area (Å²) in [6.45, 7) is 3.35. The van der Waals surface area contributed by atoms with Gasteiger partial charge in [-0.15, -0.1) is 0 Å². The molecule has 1 aromatic heterocycles. The Balaban J connectivity index is 1.67. The van der Waals surface area contributed by atoms with E-state index in [0.717, 1.165) is 5.56 Å². The van der Waals surface area contributed by atoms with Gasteiger partial charge in [-0.3, -0.25) is 9.78 Å². The van der Waals surface area contributed by atoms with Crippen LogP contribution >= 0.6 is 11.6 Å². The molecule has 7 heteroatoms. The van der Waals surface area contributed by atoms with E-state index in [1.165, 1.54) is 13.1 Å². The number of halogens is 1. The summed E-state index contributed by atoms with van der Waals surface area (Å²) in [5, 5.41) is 3.20. The molecule has 0 saturated carbocycles. The molecule has 1 amide bonds. The van der Waals surface area contributed by atoms with Crippen molar-refractivity contribution in [2.75, 3.05) is 5.32 Å². The maximum atomic E-state index is 12.2. The molecule has 26 heavy (non-hydrogen) atoms. The van der Waals surface area contributed by atoms with E-state index in [9.17, 15) is 9.59 Å². The van der Waals surface area contributed by atoms with Gasteiger partial charge in [-0.2, -0.15) is 0 Å². The average Bonchev–Trinajstić information content (AvgIpc) is 2.64. The van der Waals surface area contributed by atoms with Crippen molar-refractivity contribution < 1.29 is 14.3 Å². The lowest BCUT2D eigenvalue weighted by Crippen LogP contribution is -2.30. The zero-order valence-electron chi connectivity index (χ0n) is 14.2. The van der Waals surface area contributed by atoms with E-state index in [1.807, 2.05) is 13.0 Å². The summed E-state index contributed by atoms with van der Waals surface area (Å²) in [4.78, 5) is 32.8. The fourth-order valence-corrected chi connectivity index (χ4v) is 2.43. The lowest BCUT2D eigenvalue weighted by molar-refractivity contribution is -0.123. The summed E-state index contributed by atoms with van der Waals surface area (Å²) < 4.78 is 5.19. The number of ether oxygens (including phenoxy) is 1. The lowest BCUT2D eigenvalue weighted by Gasteiger charge is -2.13. The molecule has 0 saturated heterocycles. The van der Waals surface area contributed by atoms with Crippen LogP contribution in [0.25, 0.3) is 11.0 Å². The first-order valence-corrected chi connectivity index (χ1v) is 8.31. The Labute approximate surface area is 155 Å². The van der Waals surface area contributed by atoms with Crippen LogP contribution in [0.3, 0.4) is 0 Å². The van der Waals surface area contributed by atoms with Crippen molar-refractivity contribution >= 4 is 40.2 Å². The molecule has 132 valence electrons. The molecule has 0 bridgehead atoms. The normalized spacial score (nSPS) is 11.8. The molecule has 0 aliphatic carbocycles. The van der Waals surface area contributed by atoms with Crippen molar-refractivity contribution in [3.05, 3.63) is 64.9 Å². The second kappa shape index (κ2) is 7.49. The Morgan fingerprint density at radius 3 is 2.62 bits per heavy atom. The minimum atomic E-state index is -1.00. The summed E-state index contributed by atoms with van der Waals surface area (Å²) >= 11 is 6.04. The standard InChI is InChI=1S/C19H16ClN3O3/c1-11-7-8-13(9-14(11)20)22-18(24)12(2)26-19(25)17-10-21-15-5-3-4-6-16(15)23-17/h3-10,12H,1-2H3,(H,22,24). The highest BCUT2D eigenvalue weighted by Crippen LogP contribution is 2.20. The highest BCUT2D eigenvalue weighted by molar-refractivity contribution is 6.31. The first-order valence-electron chi connectivity index (χ1n) is 7.94. The molecule has 0 radical (unpaired) electrons. The number of para-hydroxylation sites is 2. The van der Waals surface area contributed by atoms with Crippen molar-refractivity contribution in [2.45, 2.75) is 20.0 Å². The van der Waals surface area contributed by atoms with Gasteiger partial charge in [0.2, 0.25) is 0 Å².